The Labute approximate surface area is 132 Å². The molecule has 0 bridgehead atoms. The fourth-order valence-corrected chi connectivity index (χ4v) is 3.19. The van der Waals surface area contributed by atoms with Gasteiger partial charge in [0.15, 0.2) is 5.78 Å². The van der Waals surface area contributed by atoms with E-state index in [9.17, 15) is 4.79 Å². The number of benzene rings is 1. The van der Waals surface area contributed by atoms with Crippen LogP contribution in [0.25, 0.3) is 0 Å². The number of hydrogen-bond donors (Lipinski definition) is 0. The number of carbonyl (C=O) groups is 1. The maximum Gasteiger partial charge on any atom is 0.189 e. The third-order valence-corrected chi connectivity index (χ3v) is 4.49. The zero-order valence-corrected chi connectivity index (χ0v) is 14.0. The van der Waals surface area contributed by atoms with Gasteiger partial charge < -0.3 is 0 Å². The predicted molar refractivity (Wildman–Crippen MR) is 88.9 cm³/mol. The van der Waals surface area contributed by atoms with Crippen molar-refractivity contribution in [3.8, 4) is 0 Å². The first kappa shape index (κ1) is 15.3. The molecule has 0 unspecified atom stereocenters. The number of hydrogen-bond acceptors (Lipinski definition) is 4. The largest absolute Gasteiger partial charge is 0.289 e. The first-order valence-electron chi connectivity index (χ1n) is 6.63. The Morgan fingerprint density at radius 2 is 2.20 bits per heavy atom. The minimum atomic E-state index is 0.00590. The average Bonchev–Trinajstić information content (AvgIpc) is 2.76. The van der Waals surface area contributed by atoms with Crippen molar-refractivity contribution in [2.45, 2.75) is 26.7 Å². The Morgan fingerprint density at radius 3 is 2.90 bits per heavy atom. The highest BCUT2D eigenvalue weighted by molar-refractivity contribution is 9.10. The van der Waals surface area contributed by atoms with E-state index in [-0.39, 0.29) is 5.78 Å². The first-order chi connectivity index (χ1) is 9.61. The van der Waals surface area contributed by atoms with Gasteiger partial charge in [-0.05, 0) is 25.5 Å². The molecule has 2 rings (SSSR count). The van der Waals surface area contributed by atoms with Gasteiger partial charge in [0.05, 0.1) is 5.04 Å². The topological polar surface area (TPSA) is 32.7 Å². The molecule has 1 heterocycles. The molecule has 5 heteroatoms. The molecule has 0 fully saturated rings. The number of nitrogens with zero attached hydrogens (tertiary/aromatic N) is 2. The third-order valence-electron chi connectivity index (χ3n) is 2.89. The lowest BCUT2D eigenvalue weighted by molar-refractivity contribution is 0.104. The number of halogens is 1. The Balaban J connectivity index is 2.17. The van der Waals surface area contributed by atoms with Gasteiger partial charge in [0.1, 0.15) is 5.03 Å². The number of thioether (sulfide) groups is 1. The van der Waals surface area contributed by atoms with Crippen LogP contribution in [0.2, 0.25) is 0 Å². The van der Waals surface area contributed by atoms with E-state index in [1.165, 1.54) is 0 Å². The Morgan fingerprint density at radius 1 is 1.45 bits per heavy atom. The summed E-state index contributed by atoms with van der Waals surface area (Å²) < 4.78 is 0.822. The summed E-state index contributed by atoms with van der Waals surface area (Å²) in [5.74, 6) is 0.00590. The van der Waals surface area contributed by atoms with Gasteiger partial charge in [0.2, 0.25) is 0 Å². The summed E-state index contributed by atoms with van der Waals surface area (Å²) in [5.41, 5.74) is 0.681. The molecule has 1 aromatic carbocycles. The zero-order valence-electron chi connectivity index (χ0n) is 11.6. The van der Waals surface area contributed by atoms with E-state index in [0.29, 0.717) is 5.56 Å². The van der Waals surface area contributed by atoms with Gasteiger partial charge in [0, 0.05) is 22.7 Å². The fourth-order valence-electron chi connectivity index (χ4n) is 1.87. The Bertz CT molecular complexity index is 569. The molecule has 0 aromatic heterocycles. The minimum absolute atomic E-state index is 0.00590. The summed E-state index contributed by atoms with van der Waals surface area (Å²) in [4.78, 5) is 12.4. The van der Waals surface area contributed by atoms with Crippen molar-refractivity contribution in [3.63, 3.8) is 0 Å². The molecule has 1 aromatic rings. The molecular weight excluding hydrogens is 336 g/mol. The zero-order chi connectivity index (χ0) is 14.5. The van der Waals surface area contributed by atoms with Crippen molar-refractivity contribution < 1.29 is 4.79 Å². The molecule has 0 aliphatic carbocycles. The fraction of sp³-hybridized carbons (Fsp3) is 0.333. The summed E-state index contributed by atoms with van der Waals surface area (Å²) >= 11 is 4.97. The van der Waals surface area contributed by atoms with Crippen LogP contribution in [0.1, 0.15) is 37.0 Å². The molecule has 20 heavy (non-hydrogen) atoms. The second-order valence-electron chi connectivity index (χ2n) is 4.52. The highest BCUT2D eigenvalue weighted by Crippen LogP contribution is 2.30. The lowest BCUT2D eigenvalue weighted by Gasteiger charge is -2.14. The molecular formula is C15H17BrN2OS. The highest BCUT2D eigenvalue weighted by atomic mass is 79.9. The Kier molecular flexibility index (Phi) is 5.43. The number of rotatable bonds is 5. The maximum atomic E-state index is 12.4. The first-order valence-corrected chi connectivity index (χ1v) is 8.24. The van der Waals surface area contributed by atoms with E-state index < -0.39 is 0 Å². The molecule has 0 radical (unpaired) electrons. The summed E-state index contributed by atoms with van der Waals surface area (Å²) in [6, 6.07) is 7.48. The third kappa shape index (κ3) is 3.73. The van der Waals surface area contributed by atoms with Crippen LogP contribution in [-0.4, -0.2) is 22.4 Å². The van der Waals surface area contributed by atoms with Crippen molar-refractivity contribution in [2.24, 2.45) is 5.10 Å². The summed E-state index contributed by atoms with van der Waals surface area (Å²) in [6.45, 7) is 4.97. The van der Waals surface area contributed by atoms with Crippen LogP contribution >= 0.6 is 27.7 Å². The predicted octanol–water partition coefficient (Wildman–Crippen LogP) is 4.66. The van der Waals surface area contributed by atoms with E-state index in [0.717, 1.165) is 33.9 Å². The summed E-state index contributed by atoms with van der Waals surface area (Å²) in [6.07, 6.45) is 3.86. The number of hydrazone groups is 1. The van der Waals surface area contributed by atoms with Crippen molar-refractivity contribution >= 4 is 38.5 Å². The van der Waals surface area contributed by atoms with Crippen LogP contribution in [0.3, 0.4) is 0 Å². The smallest absolute Gasteiger partial charge is 0.189 e. The van der Waals surface area contributed by atoms with Crippen molar-refractivity contribution in [1.82, 2.24) is 5.01 Å². The number of carbonyl (C=O) groups excluding carboxylic acids is 1. The van der Waals surface area contributed by atoms with Gasteiger partial charge in [-0.2, -0.15) is 5.10 Å². The molecule has 0 saturated carbocycles. The standard InChI is InChI=1S/C15H17BrN2OS/c1-3-4-9-18-15(20-11(2)17-18)10-14(19)12-7-5-6-8-13(12)16/h5-8,10H,3-4,9H2,1-2H3. The van der Waals surface area contributed by atoms with Crippen LogP contribution in [0, 0.1) is 0 Å². The van der Waals surface area contributed by atoms with Gasteiger partial charge in [-0.1, -0.05) is 53.2 Å². The lowest BCUT2D eigenvalue weighted by atomic mass is 10.1. The summed E-state index contributed by atoms with van der Waals surface area (Å²) in [5, 5.41) is 8.28. The van der Waals surface area contributed by atoms with Crippen LogP contribution in [0.4, 0.5) is 0 Å². The molecule has 3 nitrogen and oxygen atoms in total. The second-order valence-corrected chi connectivity index (χ2v) is 6.59. The highest BCUT2D eigenvalue weighted by Gasteiger charge is 2.20. The van der Waals surface area contributed by atoms with E-state index >= 15 is 0 Å². The average molecular weight is 353 g/mol. The molecule has 106 valence electrons. The molecule has 0 atom stereocenters. The van der Waals surface area contributed by atoms with E-state index in [1.807, 2.05) is 36.2 Å². The summed E-state index contributed by atoms with van der Waals surface area (Å²) in [7, 11) is 0. The van der Waals surface area contributed by atoms with Crippen LogP contribution in [0.15, 0.2) is 44.9 Å². The van der Waals surface area contributed by atoms with Gasteiger partial charge in [0.25, 0.3) is 0 Å². The van der Waals surface area contributed by atoms with Crippen molar-refractivity contribution in [1.29, 1.82) is 0 Å². The molecule has 0 amide bonds. The maximum absolute atomic E-state index is 12.4. The quantitative estimate of drug-likeness (QED) is 0.570. The monoisotopic (exact) mass is 352 g/mol. The van der Waals surface area contributed by atoms with Gasteiger partial charge in [-0.15, -0.1) is 0 Å². The van der Waals surface area contributed by atoms with Gasteiger partial charge >= 0.3 is 0 Å². The number of allylic oxidation sites excluding steroid dienone is 1. The molecule has 1 aliphatic rings. The van der Waals surface area contributed by atoms with Crippen molar-refractivity contribution in [2.75, 3.05) is 6.54 Å². The van der Waals surface area contributed by atoms with Crippen LogP contribution < -0.4 is 0 Å². The molecule has 0 spiro atoms. The van der Waals surface area contributed by atoms with E-state index in [2.05, 4.69) is 28.0 Å². The Hall–Kier alpha value is -1.07. The molecule has 0 saturated heterocycles. The molecule has 1 aliphatic heterocycles. The van der Waals surface area contributed by atoms with Gasteiger partial charge in [-0.3, -0.25) is 9.80 Å². The second kappa shape index (κ2) is 7.09. The normalized spacial score (nSPS) is 16.6. The lowest BCUT2D eigenvalue weighted by Crippen LogP contribution is -2.14. The van der Waals surface area contributed by atoms with E-state index in [1.54, 1.807) is 17.8 Å². The number of unbranched alkanes of at least 4 members (excludes halogenated alkanes) is 1. The SMILES string of the molecule is CCCCN1N=C(C)SC1=CC(=O)c1ccccc1Br. The van der Waals surface area contributed by atoms with Crippen LogP contribution in [-0.2, 0) is 0 Å². The van der Waals surface area contributed by atoms with E-state index in [4.69, 9.17) is 0 Å². The molecule has 0 N–H and O–H groups in total. The van der Waals surface area contributed by atoms with Crippen LogP contribution in [0.5, 0.6) is 0 Å². The minimum Gasteiger partial charge on any atom is -0.289 e. The number of ketones is 1. The van der Waals surface area contributed by atoms with Crippen molar-refractivity contribution in [3.05, 3.63) is 45.4 Å². The van der Waals surface area contributed by atoms with Gasteiger partial charge in [-0.25, -0.2) is 0 Å².